The Morgan fingerprint density at radius 2 is 1.89 bits per heavy atom. The van der Waals surface area contributed by atoms with Crippen LogP contribution in [0.3, 0.4) is 0 Å². The van der Waals surface area contributed by atoms with Crippen LogP contribution < -0.4 is 4.74 Å². The van der Waals surface area contributed by atoms with Crippen LogP contribution >= 0.6 is 0 Å². The number of morpholine rings is 1. The molecule has 19 heavy (non-hydrogen) atoms. The van der Waals surface area contributed by atoms with Crippen LogP contribution in [-0.4, -0.2) is 50.0 Å². The molecule has 0 saturated carbocycles. The highest BCUT2D eigenvalue weighted by Crippen LogP contribution is 2.29. The third-order valence-electron chi connectivity index (χ3n) is 3.74. The molecule has 1 fully saturated rings. The summed E-state index contributed by atoms with van der Waals surface area (Å²) >= 11 is 0. The van der Waals surface area contributed by atoms with E-state index in [1.165, 1.54) is 11.1 Å². The maximum absolute atomic E-state index is 10.4. The maximum Gasteiger partial charge on any atom is 0.124 e. The van der Waals surface area contributed by atoms with Gasteiger partial charge in [0.2, 0.25) is 0 Å². The highest BCUT2D eigenvalue weighted by Gasteiger charge is 2.19. The van der Waals surface area contributed by atoms with E-state index in [1.54, 1.807) is 7.11 Å². The summed E-state index contributed by atoms with van der Waals surface area (Å²) in [6.45, 7) is 7.99. The average Bonchev–Trinajstić information content (AvgIpc) is 2.42. The lowest BCUT2D eigenvalue weighted by molar-refractivity contribution is 0.0139. The molecule has 1 unspecified atom stereocenters. The standard InChI is InChI=1S/C15H23NO3/c1-11-8-13(15(18-3)9-12(11)2)14(17)10-16-4-6-19-7-5-16/h8-9,14,17H,4-7,10H2,1-3H3. The van der Waals surface area contributed by atoms with E-state index in [1.807, 2.05) is 12.1 Å². The summed E-state index contributed by atoms with van der Waals surface area (Å²) in [5.74, 6) is 0.767. The molecule has 0 amide bonds. The summed E-state index contributed by atoms with van der Waals surface area (Å²) in [6.07, 6.45) is -0.521. The van der Waals surface area contributed by atoms with Gasteiger partial charge in [0.15, 0.2) is 0 Å². The van der Waals surface area contributed by atoms with Crippen LogP contribution in [0, 0.1) is 13.8 Å². The van der Waals surface area contributed by atoms with Gasteiger partial charge in [-0.1, -0.05) is 0 Å². The molecule has 0 aliphatic carbocycles. The third-order valence-corrected chi connectivity index (χ3v) is 3.74. The van der Waals surface area contributed by atoms with Crippen LogP contribution in [-0.2, 0) is 4.74 Å². The Hall–Kier alpha value is -1.10. The predicted octanol–water partition coefficient (Wildman–Crippen LogP) is 1.68. The molecule has 1 saturated heterocycles. The van der Waals surface area contributed by atoms with Crippen molar-refractivity contribution in [3.63, 3.8) is 0 Å². The van der Waals surface area contributed by atoms with E-state index in [2.05, 4.69) is 18.7 Å². The van der Waals surface area contributed by atoms with Gasteiger partial charge < -0.3 is 14.6 Å². The first-order valence-electron chi connectivity index (χ1n) is 6.75. The Bertz CT molecular complexity index is 428. The van der Waals surface area contributed by atoms with E-state index < -0.39 is 6.10 Å². The molecule has 1 aliphatic rings. The number of hydrogen-bond donors (Lipinski definition) is 1. The Morgan fingerprint density at radius 1 is 1.26 bits per heavy atom. The van der Waals surface area contributed by atoms with Crippen molar-refractivity contribution in [2.24, 2.45) is 0 Å². The molecule has 0 spiro atoms. The zero-order chi connectivity index (χ0) is 13.8. The molecule has 1 heterocycles. The molecular weight excluding hydrogens is 242 g/mol. The molecule has 1 aromatic carbocycles. The molecule has 0 aromatic heterocycles. The van der Waals surface area contributed by atoms with Crippen LogP contribution in [0.5, 0.6) is 5.75 Å². The lowest BCUT2D eigenvalue weighted by Gasteiger charge is -2.29. The number of ether oxygens (including phenoxy) is 2. The summed E-state index contributed by atoms with van der Waals surface area (Å²) in [5.41, 5.74) is 3.23. The fraction of sp³-hybridized carbons (Fsp3) is 0.600. The molecule has 0 radical (unpaired) electrons. The van der Waals surface area contributed by atoms with Crippen molar-refractivity contribution in [2.45, 2.75) is 20.0 Å². The van der Waals surface area contributed by atoms with Gasteiger partial charge in [-0.2, -0.15) is 0 Å². The number of nitrogens with zero attached hydrogens (tertiary/aromatic N) is 1. The van der Waals surface area contributed by atoms with Crippen LogP contribution in [0.1, 0.15) is 22.8 Å². The minimum Gasteiger partial charge on any atom is -0.496 e. The van der Waals surface area contributed by atoms with Crippen LogP contribution in [0.4, 0.5) is 0 Å². The van der Waals surface area contributed by atoms with Crippen LogP contribution in [0.15, 0.2) is 12.1 Å². The highest BCUT2D eigenvalue weighted by atomic mass is 16.5. The molecule has 2 rings (SSSR count). The molecule has 1 atom stereocenters. The molecule has 4 nitrogen and oxygen atoms in total. The Balaban J connectivity index is 2.13. The van der Waals surface area contributed by atoms with E-state index in [9.17, 15) is 5.11 Å². The quantitative estimate of drug-likeness (QED) is 0.899. The largest absolute Gasteiger partial charge is 0.496 e. The number of rotatable bonds is 4. The first-order chi connectivity index (χ1) is 9.11. The van der Waals surface area contributed by atoms with Crippen molar-refractivity contribution in [3.05, 3.63) is 28.8 Å². The van der Waals surface area contributed by atoms with E-state index in [-0.39, 0.29) is 0 Å². The van der Waals surface area contributed by atoms with Crippen molar-refractivity contribution in [3.8, 4) is 5.75 Å². The van der Waals surface area contributed by atoms with Crippen LogP contribution in [0.2, 0.25) is 0 Å². The monoisotopic (exact) mass is 265 g/mol. The van der Waals surface area contributed by atoms with E-state index in [0.29, 0.717) is 6.54 Å². The summed E-state index contributed by atoms with van der Waals surface area (Å²) in [5, 5.41) is 10.4. The first-order valence-corrected chi connectivity index (χ1v) is 6.75. The van der Waals surface area contributed by atoms with Gasteiger partial charge in [0.1, 0.15) is 5.75 Å². The number of aryl methyl sites for hydroxylation is 2. The first kappa shape index (κ1) is 14.3. The Morgan fingerprint density at radius 3 is 2.53 bits per heavy atom. The lowest BCUT2D eigenvalue weighted by Crippen LogP contribution is -2.38. The van der Waals surface area contributed by atoms with Crippen molar-refractivity contribution >= 4 is 0 Å². The molecule has 0 bridgehead atoms. The lowest BCUT2D eigenvalue weighted by atomic mass is 10.0. The molecule has 4 heteroatoms. The Kier molecular flexibility index (Phi) is 4.80. The Labute approximate surface area is 114 Å². The summed E-state index contributed by atoms with van der Waals surface area (Å²) in [6, 6.07) is 4.02. The molecule has 1 aliphatic heterocycles. The number of hydrogen-bond acceptors (Lipinski definition) is 4. The number of aliphatic hydroxyl groups is 1. The van der Waals surface area contributed by atoms with Gasteiger partial charge >= 0.3 is 0 Å². The molecule has 1 N–H and O–H groups in total. The van der Waals surface area contributed by atoms with Gasteiger partial charge in [-0.3, -0.25) is 4.90 Å². The molecule has 106 valence electrons. The van der Waals surface area contributed by atoms with Crippen LogP contribution in [0.25, 0.3) is 0 Å². The van der Waals surface area contributed by atoms with Gasteiger partial charge in [-0.15, -0.1) is 0 Å². The van der Waals surface area contributed by atoms with Crippen molar-refractivity contribution in [1.29, 1.82) is 0 Å². The topological polar surface area (TPSA) is 41.9 Å². The second-order valence-corrected chi connectivity index (χ2v) is 5.11. The average molecular weight is 265 g/mol. The third kappa shape index (κ3) is 3.47. The van der Waals surface area contributed by atoms with Gasteiger partial charge in [-0.25, -0.2) is 0 Å². The SMILES string of the molecule is COc1cc(C)c(C)cc1C(O)CN1CCOCC1. The summed E-state index contributed by atoms with van der Waals surface area (Å²) in [7, 11) is 1.65. The van der Waals surface area contributed by atoms with Crippen molar-refractivity contribution in [1.82, 2.24) is 4.90 Å². The minimum absolute atomic E-state index is 0.521. The van der Waals surface area contributed by atoms with Gasteiger partial charge in [0.25, 0.3) is 0 Å². The van der Waals surface area contributed by atoms with E-state index >= 15 is 0 Å². The summed E-state index contributed by atoms with van der Waals surface area (Å²) in [4.78, 5) is 2.22. The van der Waals surface area contributed by atoms with Gasteiger partial charge in [0, 0.05) is 25.2 Å². The summed E-state index contributed by atoms with van der Waals surface area (Å²) < 4.78 is 10.7. The number of aliphatic hydroxyl groups excluding tert-OH is 1. The van der Waals surface area contributed by atoms with Gasteiger partial charge in [-0.05, 0) is 37.1 Å². The van der Waals surface area contributed by atoms with E-state index in [4.69, 9.17) is 9.47 Å². The number of methoxy groups -OCH3 is 1. The van der Waals surface area contributed by atoms with Crippen molar-refractivity contribution < 1.29 is 14.6 Å². The van der Waals surface area contributed by atoms with Crippen molar-refractivity contribution in [2.75, 3.05) is 40.0 Å². The smallest absolute Gasteiger partial charge is 0.124 e. The second kappa shape index (κ2) is 6.37. The van der Waals surface area contributed by atoms with Gasteiger partial charge in [0.05, 0.1) is 26.4 Å². The molecular formula is C15H23NO3. The van der Waals surface area contributed by atoms with E-state index in [0.717, 1.165) is 37.6 Å². The minimum atomic E-state index is -0.521. The highest BCUT2D eigenvalue weighted by molar-refractivity contribution is 5.43. The predicted molar refractivity (Wildman–Crippen MR) is 74.7 cm³/mol. The number of β-amino-alcohol motifs (C(OH)–C–C–N with tert-alkyl or cyclic N) is 1. The number of benzene rings is 1. The fourth-order valence-electron chi connectivity index (χ4n) is 2.38. The maximum atomic E-state index is 10.4. The zero-order valence-corrected chi connectivity index (χ0v) is 12.0. The second-order valence-electron chi connectivity index (χ2n) is 5.11. The fourth-order valence-corrected chi connectivity index (χ4v) is 2.38. The normalized spacial score (nSPS) is 18.3. The zero-order valence-electron chi connectivity index (χ0n) is 12.0. The molecule has 1 aromatic rings.